The highest BCUT2D eigenvalue weighted by molar-refractivity contribution is 6.02. The fourth-order valence-electron chi connectivity index (χ4n) is 2.94. The summed E-state index contributed by atoms with van der Waals surface area (Å²) in [7, 11) is 0. The number of para-hydroxylation sites is 3. The third-order valence-corrected chi connectivity index (χ3v) is 4.40. The molecule has 5 aromatic rings. The van der Waals surface area contributed by atoms with Crippen molar-refractivity contribution in [3.05, 3.63) is 90.8 Å². The van der Waals surface area contributed by atoms with Gasteiger partial charge in [0.2, 0.25) is 5.89 Å². The quantitative estimate of drug-likeness (QED) is 0.501. The Kier molecular flexibility index (Phi) is 4.10. The number of hydrogen-bond acceptors (Lipinski definition) is 5. The molecule has 0 radical (unpaired) electrons. The van der Waals surface area contributed by atoms with Crippen LogP contribution in [0.25, 0.3) is 28.2 Å². The lowest BCUT2D eigenvalue weighted by atomic mass is 10.2. The fraction of sp³-hybridized carbons (Fsp3) is 0. The molecule has 0 aliphatic heterocycles. The van der Waals surface area contributed by atoms with Crippen molar-refractivity contribution in [1.82, 2.24) is 20.0 Å². The number of amides is 1. The van der Waals surface area contributed by atoms with Crippen molar-refractivity contribution in [3.63, 3.8) is 0 Å². The molecule has 140 valence electrons. The zero-order chi connectivity index (χ0) is 19.6. The van der Waals surface area contributed by atoms with E-state index in [-0.39, 0.29) is 11.6 Å². The second kappa shape index (κ2) is 7.05. The number of carbonyl (C=O) groups is 1. The number of nitrogens with one attached hydrogen (secondary N) is 1. The Bertz CT molecular complexity index is 1260. The molecule has 1 amide bonds. The van der Waals surface area contributed by atoms with Crippen molar-refractivity contribution >= 4 is 22.7 Å². The van der Waals surface area contributed by atoms with Crippen molar-refractivity contribution in [2.24, 2.45) is 0 Å². The Balaban J connectivity index is 1.32. The highest BCUT2D eigenvalue weighted by Crippen LogP contribution is 2.25. The zero-order valence-corrected chi connectivity index (χ0v) is 15.2. The second-order valence-corrected chi connectivity index (χ2v) is 6.37. The Hall–Kier alpha value is -4.26. The van der Waals surface area contributed by atoms with Gasteiger partial charge in [-0.2, -0.15) is 9.90 Å². The number of fused-ring (bicyclic) bond motifs is 1. The summed E-state index contributed by atoms with van der Waals surface area (Å²) in [4.78, 5) is 18.4. The third-order valence-electron chi connectivity index (χ3n) is 4.40. The molecule has 0 spiro atoms. The summed E-state index contributed by atoms with van der Waals surface area (Å²) in [6.45, 7) is 0. The van der Waals surface area contributed by atoms with E-state index in [1.807, 2.05) is 66.7 Å². The predicted molar refractivity (Wildman–Crippen MR) is 109 cm³/mol. The lowest BCUT2D eigenvalue weighted by Gasteiger charge is -2.03. The van der Waals surface area contributed by atoms with E-state index in [9.17, 15) is 4.79 Å². The summed E-state index contributed by atoms with van der Waals surface area (Å²) < 4.78 is 5.77. The number of aromatic nitrogens is 4. The van der Waals surface area contributed by atoms with Crippen LogP contribution in [0.1, 0.15) is 10.5 Å². The molecule has 7 nitrogen and oxygen atoms in total. The van der Waals surface area contributed by atoms with Crippen LogP contribution in [0, 0.1) is 0 Å². The summed E-state index contributed by atoms with van der Waals surface area (Å²) in [6, 6.07) is 24.3. The first-order valence-corrected chi connectivity index (χ1v) is 9.01. The van der Waals surface area contributed by atoms with Crippen molar-refractivity contribution in [1.29, 1.82) is 0 Å². The Morgan fingerprint density at radius 1 is 0.897 bits per heavy atom. The normalized spacial score (nSPS) is 10.9. The van der Waals surface area contributed by atoms with Gasteiger partial charge in [-0.15, -0.1) is 5.10 Å². The molecule has 29 heavy (non-hydrogen) atoms. The zero-order valence-electron chi connectivity index (χ0n) is 15.2. The largest absolute Gasteiger partial charge is 0.436 e. The molecule has 1 N–H and O–H groups in total. The van der Waals surface area contributed by atoms with E-state index >= 15 is 0 Å². The minimum Gasteiger partial charge on any atom is -0.436 e. The maximum absolute atomic E-state index is 12.5. The average molecular weight is 381 g/mol. The van der Waals surface area contributed by atoms with Crippen molar-refractivity contribution in [3.8, 4) is 17.1 Å². The van der Waals surface area contributed by atoms with Gasteiger partial charge in [0.1, 0.15) is 5.52 Å². The number of carbonyl (C=O) groups excluding carboxylic acids is 1. The fourth-order valence-corrected chi connectivity index (χ4v) is 2.94. The van der Waals surface area contributed by atoms with Gasteiger partial charge >= 0.3 is 0 Å². The van der Waals surface area contributed by atoms with E-state index in [1.54, 1.807) is 12.1 Å². The number of nitrogens with zero attached hydrogens (tertiary/aromatic N) is 4. The molecule has 0 unspecified atom stereocenters. The molecule has 0 fully saturated rings. The van der Waals surface area contributed by atoms with E-state index in [4.69, 9.17) is 4.42 Å². The van der Waals surface area contributed by atoms with Gasteiger partial charge in [-0.1, -0.05) is 30.3 Å². The van der Waals surface area contributed by atoms with Crippen LogP contribution in [0.4, 0.5) is 5.69 Å². The van der Waals surface area contributed by atoms with E-state index < -0.39 is 0 Å². The molecule has 0 saturated carbocycles. The Morgan fingerprint density at radius 3 is 2.45 bits per heavy atom. The summed E-state index contributed by atoms with van der Waals surface area (Å²) >= 11 is 0. The molecule has 2 aromatic heterocycles. The van der Waals surface area contributed by atoms with Gasteiger partial charge < -0.3 is 9.73 Å². The molecule has 5 rings (SSSR count). The lowest BCUT2D eigenvalue weighted by molar-refractivity contribution is 0.102. The highest BCUT2D eigenvalue weighted by Gasteiger charge is 2.13. The van der Waals surface area contributed by atoms with Crippen LogP contribution in [0.3, 0.4) is 0 Å². The molecule has 0 saturated heterocycles. The first kappa shape index (κ1) is 16.9. The molecule has 0 aliphatic carbocycles. The minimum absolute atomic E-state index is 0.233. The van der Waals surface area contributed by atoms with Crippen LogP contribution in [-0.2, 0) is 0 Å². The molecule has 0 atom stereocenters. The van der Waals surface area contributed by atoms with Gasteiger partial charge in [0.25, 0.3) is 5.91 Å². The summed E-state index contributed by atoms with van der Waals surface area (Å²) in [5, 5.41) is 11.2. The molecule has 7 heteroatoms. The number of benzene rings is 3. The van der Waals surface area contributed by atoms with Crippen LogP contribution in [0.2, 0.25) is 0 Å². The number of oxazole rings is 1. The summed E-state index contributed by atoms with van der Waals surface area (Å²) in [6.07, 6.45) is 1.44. The maximum Gasteiger partial charge on any atom is 0.277 e. The minimum atomic E-state index is -0.332. The van der Waals surface area contributed by atoms with Gasteiger partial charge in [-0.3, -0.25) is 4.79 Å². The molecular formula is C22H15N5O2. The number of anilines is 1. The summed E-state index contributed by atoms with van der Waals surface area (Å²) in [5.74, 6) is 0.205. The van der Waals surface area contributed by atoms with Crippen molar-refractivity contribution in [2.45, 2.75) is 0 Å². The van der Waals surface area contributed by atoms with Crippen LogP contribution >= 0.6 is 0 Å². The van der Waals surface area contributed by atoms with E-state index in [0.717, 1.165) is 22.4 Å². The first-order valence-electron chi connectivity index (χ1n) is 9.01. The molecular weight excluding hydrogens is 366 g/mol. The molecule has 0 bridgehead atoms. The average Bonchev–Trinajstić information content (AvgIpc) is 3.42. The van der Waals surface area contributed by atoms with Crippen molar-refractivity contribution in [2.75, 3.05) is 5.32 Å². The van der Waals surface area contributed by atoms with E-state index in [1.165, 1.54) is 11.0 Å². The van der Waals surface area contributed by atoms with Gasteiger partial charge in [0, 0.05) is 11.3 Å². The first-order chi connectivity index (χ1) is 14.3. The Morgan fingerprint density at radius 2 is 1.66 bits per heavy atom. The van der Waals surface area contributed by atoms with Crippen LogP contribution in [0.5, 0.6) is 0 Å². The van der Waals surface area contributed by atoms with Gasteiger partial charge in [0.05, 0.1) is 11.9 Å². The SMILES string of the molecule is O=C(Nc1ccc(-c2nc3ccccc3o2)cc1)c1cnn(-c2ccccc2)n1. The number of hydrogen-bond donors (Lipinski definition) is 1. The lowest BCUT2D eigenvalue weighted by Crippen LogP contribution is -2.13. The highest BCUT2D eigenvalue weighted by atomic mass is 16.3. The molecule has 3 aromatic carbocycles. The molecule has 2 heterocycles. The van der Waals surface area contributed by atoms with Crippen LogP contribution in [-0.4, -0.2) is 25.9 Å². The summed E-state index contributed by atoms with van der Waals surface area (Å²) in [5.41, 5.74) is 4.03. The van der Waals surface area contributed by atoms with Crippen LogP contribution < -0.4 is 5.32 Å². The maximum atomic E-state index is 12.5. The van der Waals surface area contributed by atoms with Gasteiger partial charge in [-0.25, -0.2) is 4.98 Å². The van der Waals surface area contributed by atoms with Crippen molar-refractivity contribution < 1.29 is 9.21 Å². The number of rotatable bonds is 4. The predicted octanol–water partition coefficient (Wildman–Crippen LogP) is 4.33. The van der Waals surface area contributed by atoms with Gasteiger partial charge in [-0.05, 0) is 48.5 Å². The van der Waals surface area contributed by atoms with Gasteiger partial charge in [0.15, 0.2) is 11.3 Å². The van der Waals surface area contributed by atoms with E-state index in [2.05, 4.69) is 20.5 Å². The topological polar surface area (TPSA) is 85.8 Å². The monoisotopic (exact) mass is 381 g/mol. The van der Waals surface area contributed by atoms with Crippen LogP contribution in [0.15, 0.2) is 89.5 Å². The van der Waals surface area contributed by atoms with E-state index in [0.29, 0.717) is 11.6 Å². The standard InChI is InChI=1S/C22H15N5O2/c28-21(19-14-23-27(26-19)17-6-2-1-3-7-17)24-16-12-10-15(11-13-16)22-25-18-8-4-5-9-20(18)29-22/h1-14H,(H,24,28). The Labute approximate surface area is 165 Å². The third kappa shape index (κ3) is 3.37. The molecule has 0 aliphatic rings. The second-order valence-electron chi connectivity index (χ2n) is 6.37. The smallest absolute Gasteiger partial charge is 0.277 e.